The minimum absolute atomic E-state index is 0.170. The van der Waals surface area contributed by atoms with E-state index < -0.39 is 0 Å². The van der Waals surface area contributed by atoms with Gasteiger partial charge < -0.3 is 5.32 Å². The Labute approximate surface area is 240 Å². The van der Waals surface area contributed by atoms with Crippen molar-refractivity contribution in [1.29, 1.82) is 0 Å². The number of nitrogens with one attached hydrogen (secondary N) is 3. The number of hydrogen-bond donors (Lipinski definition) is 3. The van der Waals surface area contributed by atoms with Gasteiger partial charge in [0.1, 0.15) is 6.33 Å². The van der Waals surface area contributed by atoms with Gasteiger partial charge in [0.2, 0.25) is 0 Å². The van der Waals surface area contributed by atoms with Crippen LogP contribution in [0.5, 0.6) is 0 Å². The molecule has 210 valence electrons. The molecule has 9 nitrogen and oxygen atoms in total. The summed E-state index contributed by atoms with van der Waals surface area (Å²) in [6, 6.07) is 30.1. The van der Waals surface area contributed by atoms with Gasteiger partial charge in [0, 0.05) is 13.6 Å². The fourth-order valence-corrected chi connectivity index (χ4v) is 5.82. The molecule has 9 heteroatoms. The molecule has 0 bridgehead atoms. The van der Waals surface area contributed by atoms with Gasteiger partial charge in [-0.2, -0.15) is 0 Å². The first-order valence-electron chi connectivity index (χ1n) is 14.1. The van der Waals surface area contributed by atoms with E-state index in [4.69, 9.17) is 0 Å². The largest absolute Gasteiger partial charge is 0.347 e. The molecule has 2 aliphatic heterocycles. The van der Waals surface area contributed by atoms with Crippen LogP contribution in [0.1, 0.15) is 51.6 Å². The molecule has 0 unspecified atom stereocenters. The van der Waals surface area contributed by atoms with Crippen LogP contribution >= 0.6 is 0 Å². The second kappa shape index (κ2) is 12.0. The first-order valence-corrected chi connectivity index (χ1v) is 14.1. The number of amides is 2. The number of likely N-dealkylation sites (tertiary alicyclic amines) is 1. The van der Waals surface area contributed by atoms with Crippen molar-refractivity contribution in [3.63, 3.8) is 0 Å². The van der Waals surface area contributed by atoms with Crippen LogP contribution in [0.15, 0.2) is 91.3 Å². The van der Waals surface area contributed by atoms with Crippen molar-refractivity contribution in [3.8, 4) is 0 Å². The number of hydrazine groups is 2. The highest BCUT2D eigenvalue weighted by Crippen LogP contribution is 2.33. The summed E-state index contributed by atoms with van der Waals surface area (Å²) in [6.07, 6.45) is 4.75. The van der Waals surface area contributed by atoms with Gasteiger partial charge in [-0.05, 0) is 60.5 Å². The molecule has 6 rings (SSSR count). The molecule has 0 radical (unpaired) electrons. The maximum Gasteiger partial charge on any atom is 0.346 e. The van der Waals surface area contributed by atoms with Crippen molar-refractivity contribution in [1.82, 2.24) is 30.3 Å². The fraction of sp³-hybridized carbons (Fsp3) is 0.281. The number of benzene rings is 3. The molecule has 0 spiro atoms. The summed E-state index contributed by atoms with van der Waals surface area (Å²) < 4.78 is 1.30. The predicted octanol–water partition coefficient (Wildman–Crippen LogP) is 4.60. The van der Waals surface area contributed by atoms with Gasteiger partial charge in [-0.25, -0.2) is 19.4 Å². The molecule has 3 N–H and O–H groups in total. The van der Waals surface area contributed by atoms with E-state index in [0.717, 1.165) is 25.1 Å². The standard InChI is InChI=1S/C32H35N7O2/c1-37-32(41)39-22-34-28(30(39)35-36-37)31(40)33-21-25-14-12-23(13-15-25)20-24-16-18-38(19-17-24)29(26-8-4-2-5-9-26)27-10-6-3-7-11-27/h2-15,22,24,29,35-36H,16-21H2,1H3,(H,33,40). The third kappa shape index (κ3) is 5.86. The van der Waals surface area contributed by atoms with Crippen molar-refractivity contribution in [2.24, 2.45) is 5.92 Å². The van der Waals surface area contributed by atoms with Gasteiger partial charge in [0.25, 0.3) is 5.91 Å². The van der Waals surface area contributed by atoms with Crippen molar-refractivity contribution in [2.45, 2.75) is 31.8 Å². The Kier molecular flexibility index (Phi) is 7.80. The summed E-state index contributed by atoms with van der Waals surface area (Å²) in [5, 5.41) is 4.18. The van der Waals surface area contributed by atoms with Crippen molar-refractivity contribution >= 4 is 17.8 Å². The Hall–Kier alpha value is -4.47. The first kappa shape index (κ1) is 26.7. The van der Waals surface area contributed by atoms with Crippen LogP contribution in [0.3, 0.4) is 0 Å². The Morgan fingerprint density at radius 2 is 1.54 bits per heavy atom. The van der Waals surface area contributed by atoms with E-state index in [0.29, 0.717) is 18.3 Å². The SMILES string of the molecule is CN1NNc2c(C(=O)NCc3ccc(CC4CCN(C(c5ccccc5)c5ccccc5)CC4)cc3)ncn2C1=O. The molecule has 2 amide bonds. The Bertz CT molecular complexity index is 1440. The average Bonchev–Trinajstić information content (AvgIpc) is 3.46. The van der Waals surface area contributed by atoms with E-state index in [9.17, 15) is 9.59 Å². The summed E-state index contributed by atoms with van der Waals surface area (Å²) in [5.41, 5.74) is 10.7. The lowest BCUT2D eigenvalue weighted by Gasteiger charge is -2.38. The first-order chi connectivity index (χ1) is 20.1. The van der Waals surface area contributed by atoms with Gasteiger partial charge in [-0.3, -0.25) is 15.1 Å². The molecule has 3 heterocycles. The third-order valence-electron chi connectivity index (χ3n) is 8.06. The second-order valence-corrected chi connectivity index (χ2v) is 10.8. The zero-order chi connectivity index (χ0) is 28.2. The third-order valence-corrected chi connectivity index (χ3v) is 8.06. The summed E-state index contributed by atoms with van der Waals surface area (Å²) in [6.45, 7) is 2.53. The molecule has 3 aromatic carbocycles. The van der Waals surface area contributed by atoms with E-state index >= 15 is 0 Å². The molecular formula is C32H35N7O2. The molecular weight excluding hydrogens is 514 g/mol. The smallest absolute Gasteiger partial charge is 0.346 e. The van der Waals surface area contributed by atoms with Crippen LogP contribution in [-0.4, -0.2) is 51.5 Å². The lowest BCUT2D eigenvalue weighted by molar-refractivity contribution is 0.0947. The van der Waals surface area contributed by atoms with Gasteiger partial charge in [-0.1, -0.05) is 84.9 Å². The summed E-state index contributed by atoms with van der Waals surface area (Å²) in [4.78, 5) is 31.7. The van der Waals surface area contributed by atoms with E-state index in [1.807, 2.05) is 0 Å². The minimum atomic E-state index is -0.342. The summed E-state index contributed by atoms with van der Waals surface area (Å²) in [7, 11) is 1.58. The zero-order valence-corrected chi connectivity index (χ0v) is 23.2. The number of carbonyl (C=O) groups excluding carboxylic acids is 2. The highest BCUT2D eigenvalue weighted by Gasteiger charge is 2.28. The number of piperidine rings is 1. The van der Waals surface area contributed by atoms with E-state index in [-0.39, 0.29) is 23.7 Å². The predicted molar refractivity (Wildman–Crippen MR) is 158 cm³/mol. The van der Waals surface area contributed by atoms with Crippen LogP contribution in [0, 0.1) is 5.92 Å². The number of nitrogens with zero attached hydrogens (tertiary/aromatic N) is 4. The normalized spacial score (nSPS) is 16.0. The van der Waals surface area contributed by atoms with E-state index in [1.165, 1.54) is 45.4 Å². The van der Waals surface area contributed by atoms with Crippen molar-refractivity contribution in [2.75, 3.05) is 25.6 Å². The number of anilines is 1. The zero-order valence-electron chi connectivity index (χ0n) is 23.2. The molecule has 1 saturated heterocycles. The number of carbonyl (C=O) groups is 2. The number of aromatic nitrogens is 2. The number of rotatable bonds is 8. The minimum Gasteiger partial charge on any atom is -0.347 e. The monoisotopic (exact) mass is 549 g/mol. The molecule has 0 saturated carbocycles. The molecule has 0 aliphatic carbocycles. The van der Waals surface area contributed by atoms with Crippen LogP contribution in [0.25, 0.3) is 0 Å². The van der Waals surface area contributed by atoms with Crippen LogP contribution < -0.4 is 16.3 Å². The highest BCUT2D eigenvalue weighted by molar-refractivity contribution is 5.99. The van der Waals surface area contributed by atoms with Gasteiger partial charge in [-0.15, -0.1) is 5.53 Å². The maximum atomic E-state index is 12.7. The molecule has 4 aromatic rings. The number of hydrogen-bond acceptors (Lipinski definition) is 6. The lowest BCUT2D eigenvalue weighted by atomic mass is 9.87. The maximum absolute atomic E-state index is 12.7. The summed E-state index contributed by atoms with van der Waals surface area (Å²) >= 11 is 0. The Balaban J connectivity index is 1.02. The van der Waals surface area contributed by atoms with E-state index in [2.05, 4.69) is 111 Å². The Morgan fingerprint density at radius 1 is 0.927 bits per heavy atom. The van der Waals surface area contributed by atoms with Gasteiger partial charge in [0.15, 0.2) is 11.5 Å². The fourth-order valence-electron chi connectivity index (χ4n) is 5.82. The second-order valence-electron chi connectivity index (χ2n) is 10.8. The average molecular weight is 550 g/mol. The molecule has 41 heavy (non-hydrogen) atoms. The van der Waals surface area contributed by atoms with Crippen LogP contribution in [0.2, 0.25) is 0 Å². The van der Waals surface area contributed by atoms with E-state index in [1.54, 1.807) is 7.05 Å². The molecule has 2 aliphatic rings. The van der Waals surface area contributed by atoms with Crippen molar-refractivity contribution < 1.29 is 9.59 Å². The molecule has 1 aromatic heterocycles. The molecule has 0 atom stereocenters. The summed E-state index contributed by atoms with van der Waals surface area (Å²) in [5.74, 6) is 0.635. The van der Waals surface area contributed by atoms with Crippen molar-refractivity contribution in [3.05, 3.63) is 119 Å². The van der Waals surface area contributed by atoms with Gasteiger partial charge >= 0.3 is 6.03 Å². The lowest BCUT2D eigenvalue weighted by Crippen LogP contribution is -2.50. The number of imidazole rings is 1. The number of fused-ring (bicyclic) bond motifs is 1. The quantitative estimate of drug-likeness (QED) is 0.297. The molecule has 1 fully saturated rings. The highest BCUT2D eigenvalue weighted by atomic mass is 16.2. The topological polar surface area (TPSA) is 94.5 Å². The Morgan fingerprint density at radius 3 is 2.17 bits per heavy atom. The van der Waals surface area contributed by atoms with Gasteiger partial charge in [0.05, 0.1) is 6.04 Å². The van der Waals surface area contributed by atoms with Crippen LogP contribution in [0.4, 0.5) is 10.6 Å². The van der Waals surface area contributed by atoms with Crippen LogP contribution in [-0.2, 0) is 13.0 Å².